The van der Waals surface area contributed by atoms with Crippen molar-refractivity contribution in [3.63, 3.8) is 0 Å². The van der Waals surface area contributed by atoms with Gasteiger partial charge in [-0.15, -0.1) is 0 Å². The zero-order chi connectivity index (χ0) is 37.7. The van der Waals surface area contributed by atoms with Crippen molar-refractivity contribution in [1.29, 1.82) is 0 Å². The van der Waals surface area contributed by atoms with Gasteiger partial charge in [0, 0.05) is 61.2 Å². The summed E-state index contributed by atoms with van der Waals surface area (Å²) in [6.45, 7) is 4.70. The van der Waals surface area contributed by atoms with Gasteiger partial charge in [0.25, 0.3) is 0 Å². The molecule has 3 heterocycles. The third kappa shape index (κ3) is 4.53. The highest BCUT2D eigenvalue weighted by Gasteiger charge is 2.88. The fourth-order valence-corrected chi connectivity index (χ4v) is 12.7. The first-order valence-electron chi connectivity index (χ1n) is 18.4. The minimum atomic E-state index is -4.62. The van der Waals surface area contributed by atoms with Crippen LogP contribution in [0, 0.1) is 29.1 Å². The third-order valence-electron chi connectivity index (χ3n) is 15.1. The highest BCUT2D eigenvalue weighted by Crippen LogP contribution is 2.78. The van der Waals surface area contributed by atoms with E-state index in [1.165, 1.54) is 26.2 Å². The number of benzene rings is 1. The second kappa shape index (κ2) is 11.2. The normalized spacial score (nSPS) is 50.8. The van der Waals surface area contributed by atoms with Gasteiger partial charge in [0.1, 0.15) is 33.9 Å². The van der Waals surface area contributed by atoms with Crippen molar-refractivity contribution >= 4 is 5.97 Å². The molecule has 0 unspecified atom stereocenters. The van der Waals surface area contributed by atoms with Crippen LogP contribution in [0.15, 0.2) is 18.2 Å². The Morgan fingerprint density at radius 3 is 2.33 bits per heavy atom. The molecule has 8 rings (SSSR count). The summed E-state index contributed by atoms with van der Waals surface area (Å²) in [6.07, 6.45) is -5.48. The van der Waals surface area contributed by atoms with Crippen LogP contribution in [0.3, 0.4) is 0 Å². The van der Waals surface area contributed by atoms with Crippen molar-refractivity contribution in [1.82, 2.24) is 4.90 Å². The summed E-state index contributed by atoms with van der Waals surface area (Å²) in [5.41, 5.74) is -10.4. The van der Waals surface area contributed by atoms with Gasteiger partial charge < -0.3 is 49.6 Å². The second-order valence-electron chi connectivity index (χ2n) is 17.5. The van der Waals surface area contributed by atoms with Crippen molar-refractivity contribution in [2.75, 3.05) is 26.8 Å². The quantitative estimate of drug-likeness (QED) is 0.243. The highest BCUT2D eigenvalue weighted by molar-refractivity contribution is 5.90. The number of alkyl halides is 3. The lowest BCUT2D eigenvalue weighted by atomic mass is 9.49. The van der Waals surface area contributed by atoms with Crippen LogP contribution in [0.5, 0.6) is 11.5 Å². The van der Waals surface area contributed by atoms with Gasteiger partial charge in [-0.3, -0.25) is 4.90 Å². The Balaban J connectivity index is 1.12. The van der Waals surface area contributed by atoms with Gasteiger partial charge in [0.2, 0.25) is 5.79 Å². The Bertz CT molecular complexity index is 1650. The molecule has 14 atom stereocenters. The van der Waals surface area contributed by atoms with Crippen molar-refractivity contribution in [3.05, 3.63) is 23.8 Å². The maximum atomic E-state index is 13.6. The van der Waals surface area contributed by atoms with Gasteiger partial charge in [-0.05, 0) is 63.5 Å². The highest BCUT2D eigenvalue weighted by atomic mass is 19.4. The number of esters is 1. The molecule has 1 spiro atoms. The minimum Gasteiger partial charge on any atom is -0.497 e. The summed E-state index contributed by atoms with van der Waals surface area (Å²) in [5, 5.41) is 74.7. The van der Waals surface area contributed by atoms with Gasteiger partial charge >= 0.3 is 12.1 Å². The number of rotatable bonds is 5. The smallest absolute Gasteiger partial charge is 0.422 e. The molecule has 3 aliphatic heterocycles. The van der Waals surface area contributed by atoms with Crippen LogP contribution < -0.4 is 9.47 Å². The van der Waals surface area contributed by atoms with Gasteiger partial charge in [-0.1, -0.05) is 13.8 Å². The molecule has 3 saturated heterocycles. The molecule has 15 heteroatoms. The van der Waals surface area contributed by atoms with E-state index in [2.05, 4.69) is 11.8 Å². The van der Waals surface area contributed by atoms with E-state index in [-0.39, 0.29) is 36.4 Å². The molecule has 290 valence electrons. The van der Waals surface area contributed by atoms with E-state index in [1.807, 2.05) is 6.92 Å². The third-order valence-corrected chi connectivity index (χ3v) is 15.1. The molecular weight excluding hydrogens is 691 g/mol. The fraction of sp³-hybridized carbons (Fsp3) is 0.811. The molecular formula is C37H50F3NO11. The average Bonchev–Trinajstić information content (AvgIpc) is 3.23. The number of hydrogen-bond acceptors (Lipinski definition) is 12. The zero-order valence-corrected chi connectivity index (χ0v) is 29.9. The van der Waals surface area contributed by atoms with E-state index in [0.29, 0.717) is 38.1 Å². The topological polar surface area (TPSA) is 179 Å². The van der Waals surface area contributed by atoms with Crippen molar-refractivity contribution < 1.29 is 67.6 Å². The van der Waals surface area contributed by atoms with Crippen LogP contribution in [-0.4, -0.2) is 127 Å². The lowest BCUT2D eigenvalue weighted by molar-refractivity contribution is -0.354. The first-order valence-corrected chi connectivity index (χ1v) is 18.4. The largest absolute Gasteiger partial charge is 0.497 e. The second-order valence-corrected chi connectivity index (χ2v) is 17.5. The molecule has 12 nitrogen and oxygen atoms in total. The molecule has 4 bridgehead atoms. The molecule has 1 aromatic carbocycles. The van der Waals surface area contributed by atoms with Crippen molar-refractivity contribution in [3.8, 4) is 11.5 Å². The molecule has 0 radical (unpaired) electrons. The van der Waals surface area contributed by atoms with E-state index in [4.69, 9.17) is 18.9 Å². The summed E-state index contributed by atoms with van der Waals surface area (Å²) in [4.78, 5) is 15.7. The molecule has 52 heavy (non-hydrogen) atoms. The number of halogens is 3. The summed E-state index contributed by atoms with van der Waals surface area (Å²) in [7, 11) is 1.28. The van der Waals surface area contributed by atoms with Gasteiger partial charge in [-0.25, -0.2) is 4.79 Å². The van der Waals surface area contributed by atoms with Gasteiger partial charge in [0.15, 0.2) is 12.7 Å². The maximum absolute atomic E-state index is 13.6. The molecule has 4 aliphatic carbocycles. The molecule has 7 fully saturated rings. The Kier molecular flexibility index (Phi) is 7.89. The van der Waals surface area contributed by atoms with Gasteiger partial charge in [0.05, 0.1) is 24.4 Å². The van der Waals surface area contributed by atoms with E-state index in [1.54, 1.807) is 0 Å². The number of aliphatic hydroxyl groups is 6. The number of carbonyl (C=O) groups is 1. The predicted molar refractivity (Wildman–Crippen MR) is 174 cm³/mol. The Labute approximate surface area is 299 Å². The average molecular weight is 742 g/mol. The molecule has 4 saturated carbocycles. The van der Waals surface area contributed by atoms with Gasteiger partial charge in [-0.2, -0.15) is 13.2 Å². The van der Waals surface area contributed by atoms with Crippen LogP contribution in [0.4, 0.5) is 13.2 Å². The standard InChI is InChI=1S/C37H50F3NO11/c1-19-5-8-26-31(3,44)36(47)25(16-41(26)15-19)33(46)17-34-24(32(33,45)14-27(36)42)7-6-23-30(34,2)10-9-28(37(23,48)52-34)51-29(43)20-11-21(49-4)13-22(12-20)50-18-35(38,39)40/h11-13,19,23-28,42,44-48H,5-10,14-18H2,1-4H3/t19-,23-,24-,25-,26-,27-,28-,30-,31+,32+,33+,34+,36-,37-/m0/s1. The molecule has 0 aromatic heterocycles. The number of methoxy groups -OCH3 is 1. The van der Waals surface area contributed by atoms with Crippen LogP contribution in [0.1, 0.15) is 82.5 Å². The number of ether oxygens (including phenoxy) is 4. The number of aliphatic hydroxyl groups excluding tert-OH is 1. The zero-order valence-electron chi connectivity index (χ0n) is 29.9. The van der Waals surface area contributed by atoms with Crippen LogP contribution in [0.25, 0.3) is 0 Å². The SMILES string of the molecule is COc1cc(OCC(F)(F)F)cc(C(=O)O[C@H]2CC[C@@]3(C)[C@@H]4CC[C@H]5[C@]6(O)C[C@H](O)[C@@]7(O)[C@@H](CN8C[C@@H](C)CC[C@H]8[C@@]7(C)O)[C@]6(O)C[C@@]53O[C@]24O)c1. The number of carbonyl (C=O) groups excluding carboxylic acids is 1. The Hall–Kier alpha value is -2.24. The molecule has 6 N–H and O–H groups in total. The Morgan fingerprint density at radius 1 is 0.942 bits per heavy atom. The monoisotopic (exact) mass is 741 g/mol. The lowest BCUT2D eigenvalue weighted by Gasteiger charge is -2.68. The summed E-state index contributed by atoms with van der Waals surface area (Å²) in [6, 6.07) is 3.12. The van der Waals surface area contributed by atoms with Crippen molar-refractivity contribution in [2.45, 2.75) is 130 Å². The maximum Gasteiger partial charge on any atom is 0.422 e. The number of fused-ring (bicyclic) bond motifs is 5. The van der Waals surface area contributed by atoms with Crippen LogP contribution >= 0.6 is 0 Å². The first kappa shape index (κ1) is 36.7. The molecule has 1 aromatic rings. The number of hydrogen-bond donors (Lipinski definition) is 6. The Morgan fingerprint density at radius 2 is 1.63 bits per heavy atom. The minimum absolute atomic E-state index is 0.0560. The predicted octanol–water partition coefficient (Wildman–Crippen LogP) is 2.29. The van der Waals surface area contributed by atoms with Crippen molar-refractivity contribution in [2.24, 2.45) is 29.1 Å². The van der Waals surface area contributed by atoms with Crippen LogP contribution in [-0.2, 0) is 9.47 Å². The number of piperidine rings is 2. The summed E-state index contributed by atoms with van der Waals surface area (Å²) in [5.74, 6) is -5.49. The first-order chi connectivity index (χ1) is 24.1. The molecule has 7 aliphatic rings. The molecule has 0 amide bonds. The van der Waals surface area contributed by atoms with Crippen LogP contribution in [0.2, 0.25) is 0 Å². The fourth-order valence-electron chi connectivity index (χ4n) is 12.7. The lowest BCUT2D eigenvalue weighted by Crippen LogP contribution is -2.85. The summed E-state index contributed by atoms with van der Waals surface area (Å²) >= 11 is 0. The van der Waals surface area contributed by atoms with E-state index < -0.39 is 100 Å². The van der Waals surface area contributed by atoms with E-state index in [9.17, 15) is 48.6 Å². The number of nitrogens with zero attached hydrogens (tertiary/aromatic N) is 1. The van der Waals surface area contributed by atoms with E-state index >= 15 is 0 Å². The summed E-state index contributed by atoms with van der Waals surface area (Å²) < 4.78 is 61.3. The van der Waals surface area contributed by atoms with E-state index in [0.717, 1.165) is 12.5 Å².